The number of hydrogen-bond donors (Lipinski definition) is 1. The number of likely N-dealkylation sites (tertiary alicyclic amines) is 1. The SMILES string of the molecule is CCc1nc(CN2CCC(NS(C)(=O)=O)CC2)cs1. The minimum absolute atomic E-state index is 0.0906. The number of hydrogen-bond acceptors (Lipinski definition) is 5. The second kappa shape index (κ2) is 6.30. The lowest BCUT2D eigenvalue weighted by atomic mass is 10.1. The van der Waals surface area contributed by atoms with E-state index in [0.717, 1.165) is 44.6 Å². The molecular weight excluding hydrogens is 282 g/mol. The third kappa shape index (κ3) is 4.83. The molecule has 0 amide bonds. The molecule has 2 rings (SSSR count). The Bertz CT molecular complexity index is 505. The molecule has 0 aliphatic carbocycles. The van der Waals surface area contributed by atoms with E-state index in [0.29, 0.717) is 0 Å². The Morgan fingerprint density at radius 2 is 2.16 bits per heavy atom. The van der Waals surface area contributed by atoms with Gasteiger partial charge in [-0.3, -0.25) is 4.90 Å². The molecule has 0 unspecified atom stereocenters. The molecule has 0 atom stereocenters. The number of aryl methyl sites for hydroxylation is 1. The molecule has 1 aliphatic heterocycles. The molecule has 1 aromatic heterocycles. The number of nitrogens with zero attached hydrogens (tertiary/aromatic N) is 2. The van der Waals surface area contributed by atoms with E-state index in [4.69, 9.17) is 0 Å². The van der Waals surface area contributed by atoms with Crippen LogP contribution < -0.4 is 4.72 Å². The molecule has 19 heavy (non-hydrogen) atoms. The van der Waals surface area contributed by atoms with Crippen LogP contribution in [0.25, 0.3) is 0 Å². The molecule has 1 saturated heterocycles. The highest BCUT2D eigenvalue weighted by molar-refractivity contribution is 7.88. The van der Waals surface area contributed by atoms with Crippen LogP contribution >= 0.6 is 11.3 Å². The maximum atomic E-state index is 11.2. The lowest BCUT2D eigenvalue weighted by Gasteiger charge is -2.31. The summed E-state index contributed by atoms with van der Waals surface area (Å²) in [4.78, 5) is 6.91. The number of sulfonamides is 1. The van der Waals surface area contributed by atoms with Crippen molar-refractivity contribution in [2.24, 2.45) is 0 Å². The van der Waals surface area contributed by atoms with Gasteiger partial charge in [-0.05, 0) is 19.3 Å². The van der Waals surface area contributed by atoms with Gasteiger partial charge in [-0.2, -0.15) is 0 Å². The summed E-state index contributed by atoms with van der Waals surface area (Å²) in [5.41, 5.74) is 1.14. The first-order valence-electron chi connectivity index (χ1n) is 6.59. The van der Waals surface area contributed by atoms with Crippen molar-refractivity contribution in [1.29, 1.82) is 0 Å². The second-order valence-corrected chi connectivity index (χ2v) is 7.75. The van der Waals surface area contributed by atoms with Crippen molar-refractivity contribution in [1.82, 2.24) is 14.6 Å². The van der Waals surface area contributed by atoms with E-state index < -0.39 is 10.0 Å². The maximum absolute atomic E-state index is 11.2. The monoisotopic (exact) mass is 303 g/mol. The summed E-state index contributed by atoms with van der Waals surface area (Å²) >= 11 is 1.72. The first-order valence-corrected chi connectivity index (χ1v) is 9.36. The van der Waals surface area contributed by atoms with Gasteiger partial charge in [-0.15, -0.1) is 11.3 Å². The largest absolute Gasteiger partial charge is 0.297 e. The van der Waals surface area contributed by atoms with Crippen molar-refractivity contribution < 1.29 is 8.42 Å². The van der Waals surface area contributed by atoms with Gasteiger partial charge in [0.2, 0.25) is 10.0 Å². The van der Waals surface area contributed by atoms with Crippen LogP contribution in [0.1, 0.15) is 30.5 Å². The Balaban J connectivity index is 1.80. The summed E-state index contributed by atoms with van der Waals surface area (Å²) in [6, 6.07) is 0.0906. The third-order valence-corrected chi connectivity index (χ3v) is 5.06. The highest BCUT2D eigenvalue weighted by atomic mass is 32.2. The van der Waals surface area contributed by atoms with Gasteiger partial charge >= 0.3 is 0 Å². The first kappa shape index (κ1) is 14.9. The molecule has 0 radical (unpaired) electrons. The van der Waals surface area contributed by atoms with Crippen molar-refractivity contribution >= 4 is 21.4 Å². The Morgan fingerprint density at radius 3 is 2.68 bits per heavy atom. The Labute approximate surface area is 119 Å². The van der Waals surface area contributed by atoms with Crippen LogP contribution in [0.4, 0.5) is 0 Å². The van der Waals surface area contributed by atoms with Gasteiger partial charge in [0, 0.05) is 31.1 Å². The Kier molecular flexibility index (Phi) is 4.94. The summed E-state index contributed by atoms with van der Waals surface area (Å²) in [6.07, 6.45) is 3.96. The van der Waals surface area contributed by atoms with E-state index >= 15 is 0 Å². The van der Waals surface area contributed by atoms with Crippen LogP contribution in [0.3, 0.4) is 0 Å². The molecule has 1 aromatic rings. The van der Waals surface area contributed by atoms with Crippen LogP contribution in [0.2, 0.25) is 0 Å². The number of rotatable bonds is 5. The van der Waals surface area contributed by atoms with E-state index in [-0.39, 0.29) is 6.04 Å². The molecule has 0 bridgehead atoms. The maximum Gasteiger partial charge on any atom is 0.208 e. The minimum Gasteiger partial charge on any atom is -0.297 e. The van der Waals surface area contributed by atoms with Gasteiger partial charge in [0.15, 0.2) is 0 Å². The molecule has 0 aromatic carbocycles. The van der Waals surface area contributed by atoms with Gasteiger partial charge < -0.3 is 0 Å². The van der Waals surface area contributed by atoms with Crippen LogP contribution in [0, 0.1) is 0 Å². The number of piperidine rings is 1. The van der Waals surface area contributed by atoms with E-state index in [1.165, 1.54) is 11.3 Å². The van der Waals surface area contributed by atoms with Crippen molar-refractivity contribution in [2.75, 3.05) is 19.3 Å². The zero-order valence-electron chi connectivity index (χ0n) is 11.4. The molecule has 1 N–H and O–H groups in total. The summed E-state index contributed by atoms with van der Waals surface area (Å²) < 4.78 is 25.0. The quantitative estimate of drug-likeness (QED) is 0.888. The minimum atomic E-state index is -3.08. The van der Waals surface area contributed by atoms with Gasteiger partial charge in [0.25, 0.3) is 0 Å². The van der Waals surface area contributed by atoms with E-state index in [1.54, 1.807) is 11.3 Å². The molecular formula is C12H21N3O2S2. The van der Waals surface area contributed by atoms with Crippen molar-refractivity contribution in [3.05, 3.63) is 16.1 Å². The highest BCUT2D eigenvalue weighted by Gasteiger charge is 2.21. The summed E-state index contributed by atoms with van der Waals surface area (Å²) in [5, 5.41) is 3.31. The van der Waals surface area contributed by atoms with Crippen LogP contribution in [-0.4, -0.2) is 43.7 Å². The predicted octanol–water partition coefficient (Wildman–Crippen LogP) is 1.22. The summed E-state index contributed by atoms with van der Waals surface area (Å²) in [6.45, 7) is 4.84. The molecule has 2 heterocycles. The van der Waals surface area contributed by atoms with Gasteiger partial charge in [0.1, 0.15) is 0 Å². The molecule has 5 nitrogen and oxygen atoms in total. The number of nitrogens with one attached hydrogen (secondary N) is 1. The third-order valence-electron chi connectivity index (χ3n) is 3.26. The first-order chi connectivity index (χ1) is 8.96. The van der Waals surface area contributed by atoms with Crippen molar-refractivity contribution in [3.8, 4) is 0 Å². The second-order valence-electron chi connectivity index (χ2n) is 5.03. The summed E-state index contributed by atoms with van der Waals surface area (Å²) in [5.74, 6) is 0. The average Bonchev–Trinajstić information content (AvgIpc) is 2.77. The fraction of sp³-hybridized carbons (Fsp3) is 0.750. The lowest BCUT2D eigenvalue weighted by molar-refractivity contribution is 0.198. The zero-order valence-corrected chi connectivity index (χ0v) is 13.1. The van der Waals surface area contributed by atoms with Crippen LogP contribution in [0.5, 0.6) is 0 Å². The fourth-order valence-corrected chi connectivity index (χ4v) is 3.90. The van der Waals surface area contributed by atoms with Gasteiger partial charge in [0.05, 0.1) is 17.0 Å². The molecule has 7 heteroatoms. The average molecular weight is 303 g/mol. The Morgan fingerprint density at radius 1 is 1.47 bits per heavy atom. The van der Waals surface area contributed by atoms with Crippen molar-refractivity contribution in [3.63, 3.8) is 0 Å². The molecule has 108 valence electrons. The predicted molar refractivity (Wildman–Crippen MR) is 77.8 cm³/mol. The van der Waals surface area contributed by atoms with Crippen LogP contribution in [0.15, 0.2) is 5.38 Å². The van der Waals surface area contributed by atoms with Crippen LogP contribution in [-0.2, 0) is 23.0 Å². The topological polar surface area (TPSA) is 62.3 Å². The molecule has 0 saturated carbocycles. The van der Waals surface area contributed by atoms with E-state index in [2.05, 4.69) is 26.9 Å². The van der Waals surface area contributed by atoms with E-state index in [9.17, 15) is 8.42 Å². The van der Waals surface area contributed by atoms with E-state index in [1.807, 2.05) is 0 Å². The fourth-order valence-electron chi connectivity index (χ4n) is 2.32. The van der Waals surface area contributed by atoms with Gasteiger partial charge in [-0.1, -0.05) is 6.92 Å². The number of aromatic nitrogens is 1. The standard InChI is InChI=1S/C12H21N3O2S2/c1-3-12-13-11(9-18-12)8-15-6-4-10(5-7-15)14-19(2,16)17/h9-10,14H,3-8H2,1-2H3. The molecule has 1 aliphatic rings. The summed E-state index contributed by atoms with van der Waals surface area (Å²) in [7, 11) is -3.08. The molecule has 1 fully saturated rings. The molecule has 0 spiro atoms. The lowest BCUT2D eigenvalue weighted by Crippen LogP contribution is -2.43. The normalized spacial score (nSPS) is 18.8. The number of thiazole rings is 1. The van der Waals surface area contributed by atoms with Crippen molar-refractivity contribution in [2.45, 2.75) is 38.8 Å². The zero-order chi connectivity index (χ0) is 13.9. The Hall–Kier alpha value is -0.500. The smallest absolute Gasteiger partial charge is 0.208 e. The van der Waals surface area contributed by atoms with Gasteiger partial charge in [-0.25, -0.2) is 18.1 Å². The highest BCUT2D eigenvalue weighted by Crippen LogP contribution is 2.16.